The maximum atomic E-state index is 11.6. The first-order chi connectivity index (χ1) is 9.33. The average molecular weight is 282 g/mol. The van der Waals surface area contributed by atoms with E-state index in [1.54, 1.807) is 0 Å². The maximum absolute atomic E-state index is 11.6. The summed E-state index contributed by atoms with van der Waals surface area (Å²) in [6.07, 6.45) is 6.21. The Morgan fingerprint density at radius 1 is 1.20 bits per heavy atom. The first kappa shape index (κ1) is 15.6. The van der Waals surface area contributed by atoms with Gasteiger partial charge in [-0.25, -0.2) is 4.79 Å². The van der Waals surface area contributed by atoms with E-state index in [9.17, 15) is 4.79 Å². The lowest BCUT2D eigenvalue weighted by Gasteiger charge is -2.27. The fraction of sp³-hybridized carbons (Fsp3) is 0.938. The average Bonchev–Trinajstić information content (AvgIpc) is 3.02. The van der Waals surface area contributed by atoms with Crippen molar-refractivity contribution in [3.8, 4) is 0 Å². The number of amides is 1. The monoisotopic (exact) mass is 282 g/mol. The van der Waals surface area contributed by atoms with Crippen molar-refractivity contribution in [3.63, 3.8) is 0 Å². The fourth-order valence-electron chi connectivity index (χ4n) is 3.10. The van der Waals surface area contributed by atoms with Crippen LogP contribution in [-0.4, -0.2) is 30.3 Å². The van der Waals surface area contributed by atoms with Crippen molar-refractivity contribution in [1.29, 1.82) is 0 Å². The van der Waals surface area contributed by atoms with Gasteiger partial charge < -0.3 is 15.4 Å². The molecule has 0 heterocycles. The zero-order chi connectivity index (χ0) is 14.8. The molecule has 1 amide bonds. The molecule has 0 bridgehead atoms. The molecule has 4 atom stereocenters. The van der Waals surface area contributed by atoms with E-state index in [1.807, 2.05) is 20.8 Å². The fourth-order valence-corrected chi connectivity index (χ4v) is 3.10. The molecule has 0 aliphatic heterocycles. The summed E-state index contributed by atoms with van der Waals surface area (Å²) in [5, 5.41) is 6.53. The molecule has 2 saturated carbocycles. The quantitative estimate of drug-likeness (QED) is 0.833. The molecule has 0 saturated heterocycles. The second kappa shape index (κ2) is 6.33. The van der Waals surface area contributed by atoms with Crippen molar-refractivity contribution in [3.05, 3.63) is 0 Å². The highest BCUT2D eigenvalue weighted by molar-refractivity contribution is 5.68. The zero-order valence-corrected chi connectivity index (χ0v) is 13.4. The number of ether oxygens (including phenoxy) is 1. The minimum absolute atomic E-state index is 0.255. The molecule has 0 spiro atoms. The summed E-state index contributed by atoms with van der Waals surface area (Å²) in [5.74, 6) is 1.70. The van der Waals surface area contributed by atoms with Crippen molar-refractivity contribution >= 4 is 6.09 Å². The standard InChI is InChI=1S/C16H30N2O2/c1-11-6-5-7-12(8-11)10-17-13-9-14(13)18-15(19)20-16(2,3)4/h11-14,17H,5-10H2,1-4H3,(H,18,19). The van der Waals surface area contributed by atoms with Crippen LogP contribution >= 0.6 is 0 Å². The normalized spacial score (nSPS) is 33.6. The van der Waals surface area contributed by atoms with E-state index < -0.39 is 5.60 Å². The van der Waals surface area contributed by atoms with E-state index in [4.69, 9.17) is 4.74 Å². The number of carbonyl (C=O) groups is 1. The Kier molecular flexibility index (Phi) is 4.95. The Morgan fingerprint density at radius 2 is 1.95 bits per heavy atom. The van der Waals surface area contributed by atoms with E-state index in [2.05, 4.69) is 17.6 Å². The second-order valence-electron chi connectivity index (χ2n) is 7.64. The van der Waals surface area contributed by atoms with Gasteiger partial charge in [-0.05, 0) is 58.4 Å². The third-order valence-electron chi connectivity index (χ3n) is 4.21. The SMILES string of the molecule is CC1CCCC(CNC2CC2NC(=O)OC(C)(C)C)C1. The van der Waals surface area contributed by atoms with E-state index in [-0.39, 0.29) is 12.1 Å². The van der Waals surface area contributed by atoms with E-state index in [1.165, 1.54) is 25.7 Å². The number of hydrogen-bond donors (Lipinski definition) is 2. The van der Waals surface area contributed by atoms with E-state index >= 15 is 0 Å². The zero-order valence-electron chi connectivity index (χ0n) is 13.4. The van der Waals surface area contributed by atoms with Crippen molar-refractivity contribution in [2.24, 2.45) is 11.8 Å². The molecular formula is C16H30N2O2. The van der Waals surface area contributed by atoms with Crippen molar-refractivity contribution in [1.82, 2.24) is 10.6 Å². The van der Waals surface area contributed by atoms with Gasteiger partial charge in [0.1, 0.15) is 5.60 Å². The first-order valence-corrected chi connectivity index (χ1v) is 8.06. The Hall–Kier alpha value is -0.770. The molecule has 2 fully saturated rings. The highest BCUT2D eigenvalue weighted by Gasteiger charge is 2.39. The van der Waals surface area contributed by atoms with Crippen LogP contribution in [0.5, 0.6) is 0 Å². The molecule has 0 aromatic rings. The van der Waals surface area contributed by atoms with Gasteiger partial charge in [-0.1, -0.05) is 19.8 Å². The molecule has 0 aromatic heterocycles. The summed E-state index contributed by atoms with van der Waals surface area (Å²) >= 11 is 0. The minimum Gasteiger partial charge on any atom is -0.444 e. The van der Waals surface area contributed by atoms with Gasteiger partial charge in [0.05, 0.1) is 0 Å². The summed E-state index contributed by atoms with van der Waals surface area (Å²) in [4.78, 5) is 11.6. The van der Waals surface area contributed by atoms with Crippen molar-refractivity contribution < 1.29 is 9.53 Å². The molecule has 2 rings (SSSR count). The lowest BCUT2D eigenvalue weighted by molar-refractivity contribution is 0.0522. The Bertz CT molecular complexity index is 338. The van der Waals surface area contributed by atoms with Crippen LogP contribution in [0.15, 0.2) is 0 Å². The van der Waals surface area contributed by atoms with Crippen LogP contribution in [0, 0.1) is 11.8 Å². The van der Waals surface area contributed by atoms with Gasteiger partial charge in [-0.2, -0.15) is 0 Å². The predicted molar refractivity (Wildman–Crippen MR) is 80.7 cm³/mol. The number of carbonyl (C=O) groups excluding carboxylic acids is 1. The minimum atomic E-state index is -0.417. The lowest BCUT2D eigenvalue weighted by atomic mass is 9.82. The topological polar surface area (TPSA) is 50.4 Å². The van der Waals surface area contributed by atoms with E-state index in [0.29, 0.717) is 6.04 Å². The number of hydrogen-bond acceptors (Lipinski definition) is 3. The molecular weight excluding hydrogens is 252 g/mol. The van der Waals surface area contributed by atoms with Gasteiger partial charge in [-0.3, -0.25) is 0 Å². The first-order valence-electron chi connectivity index (χ1n) is 8.06. The van der Waals surface area contributed by atoms with Gasteiger partial charge in [0, 0.05) is 12.1 Å². The number of alkyl carbamates (subject to hydrolysis) is 1. The van der Waals surface area contributed by atoms with Crippen LogP contribution < -0.4 is 10.6 Å². The van der Waals surface area contributed by atoms with Crippen LogP contribution in [0.1, 0.15) is 59.8 Å². The molecule has 4 heteroatoms. The summed E-state index contributed by atoms with van der Waals surface area (Å²) in [5.41, 5.74) is -0.417. The third-order valence-corrected chi connectivity index (χ3v) is 4.21. The summed E-state index contributed by atoms with van der Waals surface area (Å²) in [6.45, 7) is 9.12. The molecule has 0 radical (unpaired) electrons. The Labute approximate surface area is 123 Å². The molecule has 2 N–H and O–H groups in total. The highest BCUT2D eigenvalue weighted by Crippen LogP contribution is 2.29. The van der Waals surface area contributed by atoms with Gasteiger partial charge in [0.25, 0.3) is 0 Å². The van der Waals surface area contributed by atoms with Crippen LogP contribution in [0.4, 0.5) is 4.79 Å². The Morgan fingerprint density at radius 3 is 2.60 bits per heavy atom. The predicted octanol–water partition coefficient (Wildman–Crippen LogP) is 3.07. The number of rotatable bonds is 4. The smallest absolute Gasteiger partial charge is 0.407 e. The summed E-state index contributed by atoms with van der Waals surface area (Å²) in [6, 6.07) is 0.700. The van der Waals surface area contributed by atoms with Crippen LogP contribution in [0.25, 0.3) is 0 Å². The maximum Gasteiger partial charge on any atom is 0.407 e. The largest absolute Gasteiger partial charge is 0.444 e. The van der Waals surface area contributed by atoms with Crippen LogP contribution in [-0.2, 0) is 4.74 Å². The van der Waals surface area contributed by atoms with Crippen molar-refractivity contribution in [2.45, 2.75) is 77.5 Å². The third kappa shape index (κ3) is 5.31. The van der Waals surface area contributed by atoms with Crippen molar-refractivity contribution in [2.75, 3.05) is 6.54 Å². The highest BCUT2D eigenvalue weighted by atomic mass is 16.6. The second-order valence-corrected chi connectivity index (χ2v) is 7.64. The van der Waals surface area contributed by atoms with Crippen LogP contribution in [0.3, 0.4) is 0 Å². The van der Waals surface area contributed by atoms with Gasteiger partial charge in [0.15, 0.2) is 0 Å². The van der Waals surface area contributed by atoms with Crippen LogP contribution in [0.2, 0.25) is 0 Å². The molecule has 2 aliphatic rings. The number of nitrogens with one attached hydrogen (secondary N) is 2. The van der Waals surface area contributed by atoms with E-state index in [0.717, 1.165) is 24.8 Å². The lowest BCUT2D eigenvalue weighted by Crippen LogP contribution is -2.37. The van der Waals surface area contributed by atoms with Gasteiger partial charge in [-0.15, -0.1) is 0 Å². The van der Waals surface area contributed by atoms with Gasteiger partial charge >= 0.3 is 6.09 Å². The molecule has 116 valence electrons. The Balaban J connectivity index is 1.60. The molecule has 4 unspecified atom stereocenters. The molecule has 4 nitrogen and oxygen atoms in total. The molecule has 0 aromatic carbocycles. The van der Waals surface area contributed by atoms with Gasteiger partial charge in [0.2, 0.25) is 0 Å². The molecule has 2 aliphatic carbocycles. The summed E-state index contributed by atoms with van der Waals surface area (Å²) in [7, 11) is 0. The summed E-state index contributed by atoms with van der Waals surface area (Å²) < 4.78 is 5.27. The molecule has 20 heavy (non-hydrogen) atoms.